The number of nitriles is 2. The number of fused-ring (bicyclic) bond motifs is 5. The third-order valence-electron chi connectivity index (χ3n) is 6.35. The van der Waals surface area contributed by atoms with Crippen LogP contribution in [-0.4, -0.2) is 20.8 Å². The van der Waals surface area contributed by atoms with Gasteiger partial charge in [-0.05, 0) is 24.3 Å². The van der Waals surface area contributed by atoms with Crippen molar-refractivity contribution in [2.24, 2.45) is 5.41 Å². The predicted octanol–water partition coefficient (Wildman–Crippen LogP) is 2.92. The molecule has 9 nitrogen and oxygen atoms in total. The third-order valence-corrected chi connectivity index (χ3v) is 6.35. The molecule has 0 saturated heterocycles. The Morgan fingerprint density at radius 2 is 1.97 bits per heavy atom. The molecule has 1 aromatic carbocycles. The maximum absolute atomic E-state index is 13.5. The third kappa shape index (κ3) is 2.34. The summed E-state index contributed by atoms with van der Waals surface area (Å²) in [6, 6.07) is 9.53. The first-order chi connectivity index (χ1) is 13.8. The van der Waals surface area contributed by atoms with Crippen LogP contribution in [0.3, 0.4) is 0 Å². The average molecular weight is 388 g/mol. The molecule has 0 radical (unpaired) electrons. The van der Waals surface area contributed by atoms with Crippen LogP contribution >= 0.6 is 0 Å². The zero-order valence-electron chi connectivity index (χ0n) is 15.8. The van der Waals surface area contributed by atoms with Crippen molar-refractivity contribution in [3.05, 3.63) is 57.2 Å². The lowest BCUT2D eigenvalue weighted by Crippen LogP contribution is -2.46. The van der Waals surface area contributed by atoms with E-state index >= 15 is 0 Å². The van der Waals surface area contributed by atoms with E-state index in [4.69, 9.17) is 0 Å². The molecule has 144 valence electrons. The number of aromatic nitrogens is 2. The highest BCUT2D eigenvalue weighted by Crippen LogP contribution is 2.67. The van der Waals surface area contributed by atoms with Crippen molar-refractivity contribution in [2.75, 3.05) is 5.32 Å². The first-order valence-corrected chi connectivity index (χ1v) is 9.05. The predicted molar refractivity (Wildman–Crippen MR) is 101 cm³/mol. The lowest BCUT2D eigenvalue weighted by atomic mass is 9.67. The Labute approximate surface area is 166 Å². The van der Waals surface area contributed by atoms with E-state index in [1.807, 2.05) is 26.0 Å². The van der Waals surface area contributed by atoms with Gasteiger partial charge < -0.3 is 5.32 Å². The number of benzene rings is 1. The van der Waals surface area contributed by atoms with Crippen molar-refractivity contribution in [1.29, 1.82) is 10.5 Å². The van der Waals surface area contributed by atoms with Gasteiger partial charge in [0, 0.05) is 23.7 Å². The van der Waals surface area contributed by atoms with Crippen LogP contribution in [0.25, 0.3) is 0 Å². The van der Waals surface area contributed by atoms with Gasteiger partial charge in [0.05, 0.1) is 21.7 Å². The van der Waals surface area contributed by atoms with E-state index in [1.54, 1.807) is 6.07 Å². The lowest BCUT2D eigenvalue weighted by Gasteiger charge is -2.36. The number of rotatable bonds is 3. The van der Waals surface area contributed by atoms with E-state index < -0.39 is 15.8 Å². The summed E-state index contributed by atoms with van der Waals surface area (Å²) in [7, 11) is 0. The highest BCUT2D eigenvalue weighted by molar-refractivity contribution is 6.01. The summed E-state index contributed by atoms with van der Waals surface area (Å²) in [5.41, 5.74) is -0.510. The first-order valence-electron chi connectivity index (χ1n) is 9.05. The largest absolute Gasteiger partial charge is 0.325 e. The molecule has 1 heterocycles. The first kappa shape index (κ1) is 18.5. The van der Waals surface area contributed by atoms with Crippen LogP contribution in [0.2, 0.25) is 0 Å². The van der Waals surface area contributed by atoms with Gasteiger partial charge in [-0.1, -0.05) is 19.9 Å². The van der Waals surface area contributed by atoms with Gasteiger partial charge in [0.1, 0.15) is 12.1 Å². The average Bonchev–Trinajstić information content (AvgIpc) is 3.08. The van der Waals surface area contributed by atoms with Gasteiger partial charge in [-0.3, -0.25) is 14.9 Å². The molecule has 2 aliphatic rings. The lowest BCUT2D eigenvalue weighted by molar-refractivity contribution is -0.384. The number of hydrogen-bond acceptors (Lipinski definition) is 7. The fourth-order valence-electron chi connectivity index (χ4n) is 4.85. The number of carbonyl (C=O) groups excluding carboxylic acids is 1. The number of hydrogen-bond donors (Lipinski definition) is 1. The summed E-state index contributed by atoms with van der Waals surface area (Å²) in [6.07, 6.45) is 1.22. The monoisotopic (exact) mass is 388 g/mol. The molecular weight excluding hydrogens is 372 g/mol. The number of amides is 1. The van der Waals surface area contributed by atoms with E-state index in [0.717, 1.165) is 0 Å². The molecular formula is C20H16N6O3. The number of nitro benzene ring substituents is 1. The quantitative estimate of drug-likeness (QED) is 0.628. The minimum absolute atomic E-state index is 0.0381. The number of nitrogens with zero attached hydrogens (tertiary/aromatic N) is 5. The number of nitro groups is 1. The zero-order valence-corrected chi connectivity index (χ0v) is 15.8. The molecule has 2 aromatic rings. The van der Waals surface area contributed by atoms with Crippen LogP contribution in [0.15, 0.2) is 24.3 Å². The van der Waals surface area contributed by atoms with Crippen molar-refractivity contribution in [3.63, 3.8) is 0 Å². The summed E-state index contributed by atoms with van der Waals surface area (Å²) in [5.74, 6) is -0.409. The minimum atomic E-state index is -1.04. The van der Waals surface area contributed by atoms with E-state index in [2.05, 4.69) is 15.3 Å². The van der Waals surface area contributed by atoms with E-state index in [9.17, 15) is 25.4 Å². The molecule has 4 rings (SSSR count). The van der Waals surface area contributed by atoms with E-state index in [0.29, 0.717) is 29.9 Å². The Morgan fingerprint density at radius 1 is 1.28 bits per heavy atom. The van der Waals surface area contributed by atoms with Crippen molar-refractivity contribution in [2.45, 2.75) is 38.0 Å². The Hall–Kier alpha value is -3.85. The molecule has 2 atom stereocenters. The van der Waals surface area contributed by atoms with Gasteiger partial charge in [-0.15, -0.1) is 0 Å². The smallest absolute Gasteiger partial charge is 0.271 e. The molecule has 29 heavy (non-hydrogen) atoms. The molecule has 1 amide bonds. The Balaban J connectivity index is 1.82. The summed E-state index contributed by atoms with van der Waals surface area (Å²) in [5, 5.41) is 32.5. The van der Waals surface area contributed by atoms with Gasteiger partial charge in [0.15, 0.2) is 11.4 Å². The standard InChI is InChI=1S/C20H16N6O3/c1-19(2)13-6-7-20(19,17-16(13)24-14(9-21)15(10-22)25-17)18(27)23-11-4-3-5-12(8-11)26(28)29/h3-5,8,13H,6-7H2,1-2H3,(H,23,27). The number of anilines is 1. The van der Waals surface area contributed by atoms with Gasteiger partial charge in [0.25, 0.3) is 5.69 Å². The van der Waals surface area contributed by atoms with Gasteiger partial charge >= 0.3 is 0 Å². The second-order valence-corrected chi connectivity index (χ2v) is 7.86. The van der Waals surface area contributed by atoms with Crippen molar-refractivity contribution in [3.8, 4) is 12.1 Å². The maximum Gasteiger partial charge on any atom is 0.271 e. The number of nitrogens with one attached hydrogen (secondary N) is 1. The van der Waals surface area contributed by atoms with Gasteiger partial charge in [-0.2, -0.15) is 10.5 Å². The molecule has 0 spiro atoms. The van der Waals surface area contributed by atoms with Crippen LogP contribution in [-0.2, 0) is 10.2 Å². The van der Waals surface area contributed by atoms with Gasteiger partial charge in [-0.25, -0.2) is 9.97 Å². The molecule has 1 N–H and O–H groups in total. The zero-order chi connectivity index (χ0) is 21.0. The van der Waals surface area contributed by atoms with Gasteiger partial charge in [0.2, 0.25) is 5.91 Å². The Morgan fingerprint density at radius 3 is 2.62 bits per heavy atom. The summed E-state index contributed by atoms with van der Waals surface area (Å²) in [4.78, 5) is 32.8. The van der Waals surface area contributed by atoms with E-state index in [1.165, 1.54) is 18.2 Å². The van der Waals surface area contributed by atoms with Crippen molar-refractivity contribution >= 4 is 17.3 Å². The number of non-ortho nitro benzene ring substituents is 1. The molecule has 1 saturated carbocycles. The highest BCUT2D eigenvalue weighted by atomic mass is 16.6. The summed E-state index contributed by atoms with van der Waals surface area (Å²) in [6.45, 7) is 3.91. The van der Waals surface area contributed by atoms with Crippen LogP contribution in [0, 0.1) is 38.2 Å². The van der Waals surface area contributed by atoms with Crippen molar-refractivity contribution < 1.29 is 9.72 Å². The highest BCUT2D eigenvalue weighted by Gasteiger charge is 2.68. The second kappa shape index (κ2) is 6.08. The maximum atomic E-state index is 13.5. The summed E-state index contributed by atoms with van der Waals surface area (Å²) < 4.78 is 0. The van der Waals surface area contributed by atoms with Crippen LogP contribution in [0.1, 0.15) is 55.4 Å². The minimum Gasteiger partial charge on any atom is -0.325 e. The fourth-order valence-corrected chi connectivity index (χ4v) is 4.85. The number of carbonyl (C=O) groups is 1. The molecule has 2 aliphatic carbocycles. The van der Waals surface area contributed by atoms with Crippen LogP contribution in [0.4, 0.5) is 11.4 Å². The molecule has 9 heteroatoms. The normalized spacial score (nSPS) is 23.0. The van der Waals surface area contributed by atoms with Crippen LogP contribution < -0.4 is 5.32 Å². The SMILES string of the molecule is CC1(C)C2CCC1(C(=O)Nc1cccc([N+](=O)[O-])c1)c1nc(C#N)c(C#N)nc12. The second-order valence-electron chi connectivity index (χ2n) is 7.86. The van der Waals surface area contributed by atoms with Crippen LogP contribution in [0.5, 0.6) is 0 Å². The molecule has 1 fully saturated rings. The topological polar surface area (TPSA) is 146 Å². The fraction of sp³-hybridized carbons (Fsp3) is 0.350. The van der Waals surface area contributed by atoms with E-state index in [-0.39, 0.29) is 28.9 Å². The summed E-state index contributed by atoms with van der Waals surface area (Å²) >= 11 is 0. The molecule has 1 aromatic heterocycles. The Bertz CT molecular complexity index is 1160. The molecule has 2 unspecified atom stereocenters. The van der Waals surface area contributed by atoms with Crippen molar-refractivity contribution in [1.82, 2.24) is 9.97 Å². The Kier molecular flexibility index (Phi) is 3.88. The molecule has 0 aliphatic heterocycles. The molecule has 2 bridgehead atoms.